The molecule has 1 fully saturated rings. The van der Waals surface area contributed by atoms with Gasteiger partial charge >= 0.3 is 6.18 Å². The van der Waals surface area contributed by atoms with Crippen LogP contribution in [0.25, 0.3) is 5.57 Å². The van der Waals surface area contributed by atoms with Gasteiger partial charge in [0, 0.05) is 15.7 Å². The summed E-state index contributed by atoms with van der Waals surface area (Å²) in [6.45, 7) is 0. The summed E-state index contributed by atoms with van der Waals surface area (Å²) in [5.74, 6) is -0.738. The lowest BCUT2D eigenvalue weighted by Crippen LogP contribution is -2.37. The van der Waals surface area contributed by atoms with E-state index in [1.807, 2.05) is 0 Å². The fourth-order valence-corrected chi connectivity index (χ4v) is 3.77. The fourth-order valence-electron chi connectivity index (χ4n) is 3.51. The largest absolute Gasteiger partial charge is 0.503 e. The van der Waals surface area contributed by atoms with Crippen LogP contribution in [0.1, 0.15) is 24.0 Å². The first-order valence-electron chi connectivity index (χ1n) is 8.47. The van der Waals surface area contributed by atoms with Gasteiger partial charge in [-0.05, 0) is 60.7 Å². The summed E-state index contributed by atoms with van der Waals surface area (Å²) in [4.78, 5) is 14.3. The van der Waals surface area contributed by atoms with E-state index in [-0.39, 0.29) is 12.0 Å². The Hall–Kier alpha value is -2.28. The highest BCUT2D eigenvalue weighted by Gasteiger charge is 2.48. The molecule has 0 aromatic heterocycles. The Bertz CT molecular complexity index is 916. The van der Waals surface area contributed by atoms with Crippen LogP contribution in [-0.2, 0) is 11.0 Å². The third kappa shape index (κ3) is 3.25. The minimum atomic E-state index is -4.43. The van der Waals surface area contributed by atoms with Crippen LogP contribution in [0.4, 0.5) is 18.9 Å². The zero-order valence-electron chi connectivity index (χ0n) is 14.0. The first-order valence-corrected chi connectivity index (χ1v) is 9.26. The molecule has 0 spiro atoms. The van der Waals surface area contributed by atoms with E-state index in [4.69, 9.17) is 0 Å². The van der Waals surface area contributed by atoms with E-state index >= 15 is 0 Å². The SMILES string of the molecule is O=C1C(O)=C(c2ccc(C(F)(F)F)cc2)C(C2CC2)N1c1ccc(Br)cc1. The number of halogens is 4. The molecular formula is C20H15BrF3NO2. The Morgan fingerprint density at radius 2 is 1.59 bits per heavy atom. The highest BCUT2D eigenvalue weighted by molar-refractivity contribution is 9.10. The summed E-state index contributed by atoms with van der Waals surface area (Å²) in [5, 5.41) is 10.5. The molecule has 1 atom stereocenters. The number of hydrogen-bond acceptors (Lipinski definition) is 2. The summed E-state index contributed by atoms with van der Waals surface area (Å²) >= 11 is 3.35. The van der Waals surface area contributed by atoms with Crippen molar-refractivity contribution in [2.45, 2.75) is 25.1 Å². The van der Waals surface area contributed by atoms with Gasteiger partial charge in [0.1, 0.15) is 0 Å². The van der Waals surface area contributed by atoms with Gasteiger partial charge in [-0.25, -0.2) is 0 Å². The number of carbonyl (C=O) groups is 1. The van der Waals surface area contributed by atoms with Crippen LogP contribution in [0.15, 0.2) is 58.8 Å². The smallest absolute Gasteiger partial charge is 0.416 e. The van der Waals surface area contributed by atoms with Crippen LogP contribution in [-0.4, -0.2) is 17.1 Å². The Morgan fingerprint density at radius 1 is 1.00 bits per heavy atom. The van der Waals surface area contributed by atoms with Crippen molar-refractivity contribution in [3.8, 4) is 0 Å². The topological polar surface area (TPSA) is 40.5 Å². The minimum Gasteiger partial charge on any atom is -0.503 e. The van der Waals surface area contributed by atoms with E-state index in [1.54, 1.807) is 29.2 Å². The van der Waals surface area contributed by atoms with Crippen molar-refractivity contribution < 1.29 is 23.1 Å². The van der Waals surface area contributed by atoms with Gasteiger partial charge in [0.05, 0.1) is 11.6 Å². The summed E-state index contributed by atoms with van der Waals surface area (Å²) in [6, 6.07) is 11.4. The second-order valence-corrected chi connectivity index (χ2v) is 7.69. The van der Waals surface area contributed by atoms with Crippen molar-refractivity contribution in [2.24, 2.45) is 5.92 Å². The molecule has 1 N–H and O–H groups in total. The zero-order valence-corrected chi connectivity index (χ0v) is 15.6. The van der Waals surface area contributed by atoms with Crippen molar-refractivity contribution in [2.75, 3.05) is 4.90 Å². The van der Waals surface area contributed by atoms with Crippen LogP contribution >= 0.6 is 15.9 Å². The number of hydrogen-bond donors (Lipinski definition) is 1. The molecule has 0 bridgehead atoms. The van der Waals surface area contributed by atoms with Crippen molar-refractivity contribution in [1.29, 1.82) is 0 Å². The Morgan fingerprint density at radius 3 is 2.11 bits per heavy atom. The predicted octanol–water partition coefficient (Wildman–Crippen LogP) is 5.56. The number of benzene rings is 2. The summed E-state index contributed by atoms with van der Waals surface area (Å²) < 4.78 is 39.4. The molecule has 0 radical (unpaired) electrons. The number of aliphatic hydroxyl groups excluding tert-OH is 1. The highest BCUT2D eigenvalue weighted by atomic mass is 79.9. The number of aliphatic hydroxyl groups is 1. The molecule has 140 valence electrons. The third-order valence-electron chi connectivity index (χ3n) is 4.95. The first kappa shape index (κ1) is 18.1. The Labute approximate surface area is 162 Å². The highest BCUT2D eigenvalue weighted by Crippen LogP contribution is 2.48. The molecule has 1 unspecified atom stereocenters. The normalized spacial score (nSPS) is 20.5. The summed E-state index contributed by atoms with van der Waals surface area (Å²) in [7, 11) is 0. The monoisotopic (exact) mass is 437 g/mol. The second-order valence-electron chi connectivity index (χ2n) is 6.77. The quantitative estimate of drug-likeness (QED) is 0.682. The van der Waals surface area contributed by atoms with Gasteiger partial charge in [-0.15, -0.1) is 0 Å². The van der Waals surface area contributed by atoms with Crippen molar-refractivity contribution in [3.63, 3.8) is 0 Å². The molecule has 7 heteroatoms. The number of rotatable bonds is 3. The molecule has 27 heavy (non-hydrogen) atoms. The van der Waals surface area contributed by atoms with E-state index in [0.717, 1.165) is 29.4 Å². The molecule has 1 aliphatic carbocycles. The number of nitrogens with zero attached hydrogens (tertiary/aromatic N) is 1. The molecule has 0 saturated heterocycles. The molecule has 1 saturated carbocycles. The second kappa shape index (κ2) is 6.41. The van der Waals surface area contributed by atoms with Crippen LogP contribution in [0.2, 0.25) is 0 Å². The molecule has 4 rings (SSSR count). The average Bonchev–Trinajstić information content (AvgIpc) is 3.43. The van der Waals surface area contributed by atoms with E-state index in [0.29, 0.717) is 16.8 Å². The number of carbonyl (C=O) groups excluding carboxylic acids is 1. The fraction of sp³-hybridized carbons (Fsp3) is 0.250. The first-order chi connectivity index (χ1) is 12.8. The molecule has 1 aliphatic heterocycles. The number of alkyl halides is 3. The van der Waals surface area contributed by atoms with Gasteiger partial charge in [0.2, 0.25) is 0 Å². The van der Waals surface area contributed by atoms with E-state index < -0.39 is 23.4 Å². The molecule has 1 amide bonds. The summed E-state index contributed by atoms with van der Waals surface area (Å²) in [6.07, 6.45) is -2.62. The van der Waals surface area contributed by atoms with Crippen molar-refractivity contribution in [1.82, 2.24) is 0 Å². The van der Waals surface area contributed by atoms with Crippen LogP contribution < -0.4 is 4.90 Å². The molecular weight excluding hydrogens is 423 g/mol. The van der Waals surface area contributed by atoms with E-state index in [2.05, 4.69) is 15.9 Å². The lowest BCUT2D eigenvalue weighted by Gasteiger charge is -2.27. The lowest BCUT2D eigenvalue weighted by molar-refractivity contribution is -0.137. The van der Waals surface area contributed by atoms with Gasteiger partial charge in [-0.2, -0.15) is 13.2 Å². The minimum absolute atomic E-state index is 0.180. The van der Waals surface area contributed by atoms with Crippen LogP contribution in [0.3, 0.4) is 0 Å². The maximum absolute atomic E-state index is 12.8. The predicted molar refractivity (Wildman–Crippen MR) is 99.1 cm³/mol. The molecule has 2 aromatic carbocycles. The van der Waals surface area contributed by atoms with Crippen LogP contribution in [0.5, 0.6) is 0 Å². The molecule has 1 heterocycles. The maximum atomic E-state index is 12.8. The van der Waals surface area contributed by atoms with Gasteiger partial charge in [0.25, 0.3) is 5.91 Å². The standard InChI is InChI=1S/C20H15BrF3NO2/c21-14-7-9-15(10-8-14)25-17(12-1-2-12)16(18(26)19(25)27)11-3-5-13(6-4-11)20(22,23)24/h3-10,12,17,26H,1-2H2. The Kier molecular flexibility index (Phi) is 4.29. The van der Waals surface area contributed by atoms with Gasteiger partial charge < -0.3 is 5.11 Å². The average molecular weight is 438 g/mol. The third-order valence-corrected chi connectivity index (χ3v) is 5.48. The summed E-state index contributed by atoms with van der Waals surface area (Å²) in [5.41, 5.74) is 0.724. The number of anilines is 1. The maximum Gasteiger partial charge on any atom is 0.416 e. The van der Waals surface area contributed by atoms with E-state index in [1.165, 1.54) is 12.1 Å². The van der Waals surface area contributed by atoms with Crippen molar-refractivity contribution >= 4 is 33.1 Å². The van der Waals surface area contributed by atoms with Crippen molar-refractivity contribution in [3.05, 3.63) is 69.9 Å². The van der Waals surface area contributed by atoms with Gasteiger partial charge in [-0.3, -0.25) is 9.69 Å². The molecule has 3 nitrogen and oxygen atoms in total. The molecule has 2 aromatic rings. The molecule has 2 aliphatic rings. The van der Waals surface area contributed by atoms with Gasteiger partial charge in [0.15, 0.2) is 5.76 Å². The lowest BCUT2D eigenvalue weighted by atomic mass is 9.94. The van der Waals surface area contributed by atoms with E-state index in [9.17, 15) is 23.1 Å². The Balaban J connectivity index is 1.75. The zero-order chi connectivity index (χ0) is 19.3. The number of amides is 1. The van der Waals surface area contributed by atoms with Crippen LogP contribution in [0, 0.1) is 5.92 Å². The van der Waals surface area contributed by atoms with Gasteiger partial charge in [-0.1, -0.05) is 28.1 Å².